The number of anilines is 2. The molecule has 1 heterocycles. The van der Waals surface area contributed by atoms with E-state index >= 15 is 0 Å². The first-order chi connectivity index (χ1) is 18.4. The van der Waals surface area contributed by atoms with Crippen LogP contribution in [-0.2, 0) is 20.0 Å². The van der Waals surface area contributed by atoms with Crippen LogP contribution in [0.1, 0.15) is 31.1 Å². The van der Waals surface area contributed by atoms with Crippen LogP contribution in [0.5, 0.6) is 0 Å². The van der Waals surface area contributed by atoms with Gasteiger partial charge in [-0.05, 0) is 60.3 Å². The van der Waals surface area contributed by atoms with E-state index < -0.39 is 46.9 Å². The van der Waals surface area contributed by atoms with E-state index in [1.54, 1.807) is 0 Å². The monoisotopic (exact) mass is 584 g/mol. The van der Waals surface area contributed by atoms with Crippen molar-refractivity contribution in [3.8, 4) is 0 Å². The highest BCUT2D eigenvalue weighted by Gasteiger charge is 2.34. The molecule has 0 spiro atoms. The van der Waals surface area contributed by atoms with Crippen LogP contribution in [-0.4, -0.2) is 44.1 Å². The molecule has 11 nitrogen and oxygen atoms in total. The molecule has 198 valence electrons. The van der Waals surface area contributed by atoms with Crippen molar-refractivity contribution in [1.29, 1.82) is 0 Å². The zero-order chi connectivity index (χ0) is 28.1. The number of carboxylic acid groups (broad SMARTS) is 2. The van der Waals surface area contributed by atoms with Gasteiger partial charge in [0.25, 0.3) is 20.0 Å². The Bertz CT molecular complexity index is 1950. The Morgan fingerprint density at radius 3 is 1.74 bits per heavy atom. The van der Waals surface area contributed by atoms with E-state index in [0.29, 0.717) is 11.8 Å². The Balaban J connectivity index is 1.68. The molecule has 14 heteroatoms. The van der Waals surface area contributed by atoms with Crippen molar-refractivity contribution in [3.05, 3.63) is 89.5 Å². The largest absolute Gasteiger partial charge is 0.478 e. The van der Waals surface area contributed by atoms with Crippen LogP contribution in [0.15, 0.2) is 87.5 Å². The summed E-state index contributed by atoms with van der Waals surface area (Å²) >= 11 is 0.637. The Kier molecular flexibility index (Phi) is 6.33. The summed E-state index contributed by atoms with van der Waals surface area (Å²) in [6.45, 7) is 0. The Morgan fingerprint density at radius 2 is 1.21 bits per heavy atom. The van der Waals surface area contributed by atoms with Gasteiger partial charge in [0, 0.05) is 32.6 Å². The lowest BCUT2D eigenvalue weighted by Crippen LogP contribution is -2.18. The molecule has 4 aromatic rings. The second-order valence-electron chi connectivity index (χ2n) is 8.30. The van der Waals surface area contributed by atoms with Crippen LogP contribution in [0.2, 0.25) is 0 Å². The van der Waals surface area contributed by atoms with Gasteiger partial charge in [-0.3, -0.25) is 14.2 Å². The number of nitrogens with one attached hydrogen (secondary N) is 2. The lowest BCUT2D eigenvalue weighted by Gasteiger charge is -2.16. The molecule has 0 aromatic heterocycles. The standard InChI is InChI=1S/C25H16N2O9S3/c28-23(29)13-4-1-6-15(10-13)26-38(33,34)19-12-20(22-21-17(19)8-3-9-18(21)25(32)37-22)39(35,36)27-16-7-2-5-14(11-16)24(30)31/h1-12,26-27H,(H,28,29)(H,30,31). The third kappa shape index (κ3) is 4.80. The molecule has 0 atom stereocenters. The molecule has 4 N–H and O–H groups in total. The maximum absolute atomic E-state index is 13.5. The van der Waals surface area contributed by atoms with Gasteiger partial charge in [0.15, 0.2) is 0 Å². The predicted octanol–water partition coefficient (Wildman–Crippen LogP) is 4.08. The summed E-state index contributed by atoms with van der Waals surface area (Å²) in [7, 11) is -9.05. The van der Waals surface area contributed by atoms with Crippen LogP contribution in [0, 0.1) is 0 Å². The van der Waals surface area contributed by atoms with E-state index in [9.17, 15) is 41.4 Å². The molecule has 0 radical (unpaired) electrons. The number of rotatable bonds is 8. The molecule has 1 aliphatic heterocycles. The van der Waals surface area contributed by atoms with Gasteiger partial charge in [0.1, 0.15) is 4.90 Å². The van der Waals surface area contributed by atoms with E-state index in [-0.39, 0.29) is 43.7 Å². The fourth-order valence-electron chi connectivity index (χ4n) is 4.08. The van der Waals surface area contributed by atoms with Crippen molar-refractivity contribution in [3.63, 3.8) is 0 Å². The van der Waals surface area contributed by atoms with E-state index in [4.69, 9.17) is 0 Å². The highest BCUT2D eigenvalue weighted by molar-refractivity contribution is 8.15. The van der Waals surface area contributed by atoms with E-state index in [2.05, 4.69) is 9.44 Å². The minimum atomic E-state index is -4.54. The first-order valence-corrected chi connectivity index (χ1v) is 14.7. The number of thioether (sulfide) groups is 1. The molecular weight excluding hydrogens is 568 g/mol. The maximum Gasteiger partial charge on any atom is 0.335 e. The molecule has 5 rings (SSSR count). The average Bonchev–Trinajstić information content (AvgIpc) is 3.21. The summed E-state index contributed by atoms with van der Waals surface area (Å²) in [5.74, 6) is -2.55. The highest BCUT2D eigenvalue weighted by atomic mass is 32.2. The van der Waals surface area contributed by atoms with E-state index in [1.807, 2.05) is 0 Å². The second-order valence-corrected chi connectivity index (χ2v) is 12.6. The fourth-order valence-corrected chi connectivity index (χ4v) is 8.00. The summed E-state index contributed by atoms with van der Waals surface area (Å²) in [4.78, 5) is 34.4. The zero-order valence-electron chi connectivity index (χ0n) is 19.4. The Hall–Kier alpha value is -4.40. The number of sulfonamides is 2. The summed E-state index contributed by atoms with van der Waals surface area (Å²) in [6, 6.07) is 15.4. The van der Waals surface area contributed by atoms with Crippen LogP contribution in [0.3, 0.4) is 0 Å². The number of carboxylic acids is 2. The molecule has 39 heavy (non-hydrogen) atoms. The molecule has 0 saturated carbocycles. The first kappa shape index (κ1) is 26.2. The minimum Gasteiger partial charge on any atom is -0.478 e. The van der Waals surface area contributed by atoms with E-state index in [0.717, 1.165) is 18.2 Å². The van der Waals surface area contributed by atoms with Gasteiger partial charge in [-0.15, -0.1) is 0 Å². The van der Waals surface area contributed by atoms with Crippen molar-refractivity contribution in [1.82, 2.24) is 0 Å². The van der Waals surface area contributed by atoms with Gasteiger partial charge in [0.05, 0.1) is 16.0 Å². The molecule has 0 saturated heterocycles. The molecule has 0 aliphatic carbocycles. The first-order valence-electron chi connectivity index (χ1n) is 10.9. The van der Waals surface area contributed by atoms with Gasteiger partial charge < -0.3 is 10.2 Å². The molecule has 1 aliphatic rings. The summed E-state index contributed by atoms with van der Waals surface area (Å²) < 4.78 is 58.7. The smallest absolute Gasteiger partial charge is 0.335 e. The summed E-state index contributed by atoms with van der Waals surface area (Å²) in [5.41, 5.74) is -0.383. The third-order valence-electron chi connectivity index (χ3n) is 5.76. The number of hydrogen-bond acceptors (Lipinski definition) is 8. The van der Waals surface area contributed by atoms with Crippen LogP contribution >= 0.6 is 11.8 Å². The molecule has 0 amide bonds. The van der Waals surface area contributed by atoms with Gasteiger partial charge in [-0.25, -0.2) is 26.4 Å². The number of carbonyl (C=O) groups excluding carboxylic acids is 1. The number of carbonyl (C=O) groups is 3. The maximum atomic E-state index is 13.5. The lowest BCUT2D eigenvalue weighted by molar-refractivity contribution is 0.0686. The summed E-state index contributed by atoms with van der Waals surface area (Å²) in [5, 5.41) is 18.2. The number of hydrogen-bond donors (Lipinski definition) is 4. The quantitative estimate of drug-likeness (QED) is 0.235. The van der Waals surface area contributed by atoms with Gasteiger partial charge in [-0.1, -0.05) is 24.3 Å². The molecular formula is C25H16N2O9S3. The normalized spacial score (nSPS) is 12.9. The predicted molar refractivity (Wildman–Crippen MR) is 143 cm³/mol. The highest BCUT2D eigenvalue weighted by Crippen LogP contribution is 2.46. The molecule has 4 aromatic carbocycles. The number of benzene rings is 4. The Morgan fingerprint density at radius 1 is 0.692 bits per heavy atom. The molecule has 0 unspecified atom stereocenters. The number of aromatic carboxylic acids is 2. The SMILES string of the molecule is O=C(O)c1cccc(NS(=O)(=O)c2cc(S(=O)(=O)Nc3cccc(C(=O)O)c3)c3cccc4c3c2SC4=O)c1. The molecule has 0 bridgehead atoms. The van der Waals surface area contributed by atoms with Crippen LogP contribution < -0.4 is 9.44 Å². The van der Waals surface area contributed by atoms with E-state index in [1.165, 1.54) is 54.6 Å². The lowest BCUT2D eigenvalue weighted by atomic mass is 10.1. The third-order valence-corrected chi connectivity index (χ3v) is 9.75. The van der Waals surface area contributed by atoms with Gasteiger partial charge in [0.2, 0.25) is 5.12 Å². The minimum absolute atomic E-state index is 0.0271. The second kappa shape index (κ2) is 9.41. The van der Waals surface area contributed by atoms with Gasteiger partial charge >= 0.3 is 11.9 Å². The Labute approximate surface area is 225 Å². The topological polar surface area (TPSA) is 184 Å². The van der Waals surface area contributed by atoms with Crippen molar-refractivity contribution in [2.45, 2.75) is 14.7 Å². The molecule has 0 fully saturated rings. The van der Waals surface area contributed by atoms with Crippen LogP contribution in [0.4, 0.5) is 11.4 Å². The van der Waals surface area contributed by atoms with Crippen LogP contribution in [0.25, 0.3) is 10.8 Å². The van der Waals surface area contributed by atoms with Crippen molar-refractivity contribution >= 4 is 71.0 Å². The van der Waals surface area contributed by atoms with Crippen molar-refractivity contribution in [2.75, 3.05) is 9.44 Å². The average molecular weight is 585 g/mol. The summed E-state index contributed by atoms with van der Waals surface area (Å²) in [6.07, 6.45) is 0. The fraction of sp³-hybridized carbons (Fsp3) is 0. The zero-order valence-corrected chi connectivity index (χ0v) is 21.9. The van der Waals surface area contributed by atoms with Crippen molar-refractivity contribution in [2.24, 2.45) is 0 Å². The van der Waals surface area contributed by atoms with Crippen molar-refractivity contribution < 1.29 is 41.4 Å². The van der Waals surface area contributed by atoms with Gasteiger partial charge in [-0.2, -0.15) is 0 Å².